The van der Waals surface area contributed by atoms with Crippen molar-refractivity contribution < 1.29 is 24.5 Å². The van der Waals surface area contributed by atoms with E-state index in [4.69, 9.17) is 14.7 Å². The molecule has 224 valence electrons. The highest BCUT2D eigenvalue weighted by Gasteiger charge is 2.53. The summed E-state index contributed by atoms with van der Waals surface area (Å²) in [6.45, 7) is 13.4. The van der Waals surface area contributed by atoms with Crippen molar-refractivity contribution >= 4 is 39.9 Å². The number of nitrogens with one attached hydrogen (secondary N) is 2. The van der Waals surface area contributed by atoms with E-state index in [9.17, 15) is 19.8 Å². The van der Waals surface area contributed by atoms with Gasteiger partial charge in [-0.15, -0.1) is 0 Å². The number of methoxy groups -OCH3 is 1. The van der Waals surface area contributed by atoms with Gasteiger partial charge in [0, 0.05) is 63.6 Å². The van der Waals surface area contributed by atoms with Crippen LogP contribution in [0.1, 0.15) is 107 Å². The molecule has 3 aromatic heterocycles. The minimum Gasteiger partial charge on any atom is -0.469 e. The summed E-state index contributed by atoms with van der Waals surface area (Å²) in [6.07, 6.45) is 2.96. The molecule has 3 aromatic rings. The van der Waals surface area contributed by atoms with Crippen LogP contribution >= 0.6 is 0 Å². The van der Waals surface area contributed by atoms with Gasteiger partial charge in [-0.05, 0) is 62.9 Å². The largest absolute Gasteiger partial charge is 0.469 e. The third-order valence-electron chi connectivity index (χ3n) is 9.98. The number of nitrogens with zero attached hydrogens (tertiary/aromatic N) is 2. The minimum absolute atomic E-state index is 0.00816. The van der Waals surface area contributed by atoms with Gasteiger partial charge in [0.25, 0.3) is 0 Å². The molecule has 0 fully saturated rings. The highest BCUT2D eigenvalue weighted by molar-refractivity contribution is 6.13. The third-order valence-corrected chi connectivity index (χ3v) is 9.98. The zero-order valence-electron chi connectivity index (χ0n) is 25.5. The number of ketones is 1. The number of carbonyl (C=O) groups is 2. The summed E-state index contributed by atoms with van der Waals surface area (Å²) in [4.78, 5) is 42.5. The van der Waals surface area contributed by atoms with Crippen molar-refractivity contribution in [3.8, 4) is 0 Å². The Kier molecular flexibility index (Phi) is 6.74. The molecule has 6 rings (SSSR count). The average molecular weight is 583 g/mol. The topological polar surface area (TPSA) is 141 Å². The van der Waals surface area contributed by atoms with E-state index in [2.05, 4.69) is 23.5 Å². The van der Waals surface area contributed by atoms with Crippen LogP contribution in [0.5, 0.6) is 0 Å². The lowest BCUT2D eigenvalue weighted by Crippen LogP contribution is -2.43. The molecule has 8 bridgehead atoms. The molecule has 0 saturated heterocycles. The number of carbonyl (C=O) groups excluding carboxylic acids is 2. The van der Waals surface area contributed by atoms with Gasteiger partial charge in [-0.3, -0.25) is 19.6 Å². The van der Waals surface area contributed by atoms with Crippen molar-refractivity contribution in [2.75, 3.05) is 7.11 Å². The molecule has 4 atom stereocenters. The van der Waals surface area contributed by atoms with Crippen LogP contribution in [0.15, 0.2) is 24.8 Å². The van der Waals surface area contributed by atoms with Crippen LogP contribution in [0.25, 0.3) is 28.1 Å². The summed E-state index contributed by atoms with van der Waals surface area (Å²) in [5, 5.41) is 23.6. The molecular formula is C34H38N4O5. The maximum atomic E-state index is 13.5. The van der Waals surface area contributed by atoms with Gasteiger partial charge in [-0.25, -0.2) is 0 Å². The first kappa shape index (κ1) is 29.0. The smallest absolute Gasteiger partial charge is 0.305 e. The number of aliphatic hydroxyl groups is 2. The molecule has 0 aromatic carbocycles. The summed E-state index contributed by atoms with van der Waals surface area (Å²) < 4.78 is 4.94. The fourth-order valence-electron chi connectivity index (χ4n) is 7.11. The van der Waals surface area contributed by atoms with Gasteiger partial charge in [-0.1, -0.05) is 26.5 Å². The molecule has 0 amide bonds. The van der Waals surface area contributed by atoms with Crippen LogP contribution in [-0.4, -0.2) is 49.0 Å². The van der Waals surface area contributed by atoms with Crippen molar-refractivity contribution in [1.29, 1.82) is 0 Å². The fourth-order valence-corrected chi connectivity index (χ4v) is 7.11. The number of ether oxygens (including phenoxy) is 1. The standard InChI is InChI=1S/C34H38N4O5/c1-8-19-16(3)22-13-23-17(4)20(10-11-29(40)43-7)31(36-23)21-12-26(39)30-18(5)24(37-32(21)30)14-28-34(42,9-2)33(6,41)27(38-28)15-25(19)35-22/h8,13-15,17,20,35,37,41-42H,1,9-12H2,2-7H3/t17-,20-,33?,34?/m0/s1. The zero-order chi connectivity index (χ0) is 31.0. The monoisotopic (exact) mass is 582 g/mol. The summed E-state index contributed by atoms with van der Waals surface area (Å²) in [5.41, 5.74) is 5.81. The number of H-pyrrole nitrogens is 2. The molecule has 5 heterocycles. The van der Waals surface area contributed by atoms with Crippen molar-refractivity contribution in [3.05, 3.63) is 75.4 Å². The third kappa shape index (κ3) is 4.12. The number of aromatic amines is 2. The molecule has 9 nitrogen and oxygen atoms in total. The van der Waals surface area contributed by atoms with Gasteiger partial charge in [0.15, 0.2) is 5.78 Å². The van der Waals surface area contributed by atoms with Crippen molar-refractivity contribution in [2.24, 2.45) is 0 Å². The van der Waals surface area contributed by atoms with Crippen LogP contribution in [0.4, 0.5) is 0 Å². The number of hydrogen-bond donors (Lipinski definition) is 4. The van der Waals surface area contributed by atoms with Gasteiger partial charge in [0.05, 0.1) is 29.7 Å². The molecule has 43 heavy (non-hydrogen) atoms. The number of hydrogen-bond acceptors (Lipinski definition) is 7. The Bertz CT molecular complexity index is 1880. The molecule has 4 N–H and O–H groups in total. The Balaban J connectivity index is 1.76. The summed E-state index contributed by atoms with van der Waals surface area (Å²) in [5.74, 6) is -0.414. The Labute approximate surface area is 250 Å². The molecule has 0 radical (unpaired) electrons. The molecule has 1 aliphatic carbocycles. The fraction of sp³-hybridized carbons (Fsp3) is 0.412. The van der Waals surface area contributed by atoms with Gasteiger partial charge in [0.1, 0.15) is 11.2 Å². The van der Waals surface area contributed by atoms with Crippen molar-refractivity contribution in [2.45, 2.75) is 83.3 Å². The average Bonchev–Trinajstić information content (AvgIpc) is 3.70. The van der Waals surface area contributed by atoms with E-state index >= 15 is 0 Å². The van der Waals surface area contributed by atoms with Crippen molar-refractivity contribution in [1.82, 2.24) is 19.9 Å². The van der Waals surface area contributed by atoms with E-state index in [1.807, 2.05) is 26.8 Å². The van der Waals surface area contributed by atoms with Crippen LogP contribution < -0.4 is 0 Å². The van der Waals surface area contributed by atoms with Gasteiger partial charge in [0.2, 0.25) is 0 Å². The lowest BCUT2D eigenvalue weighted by atomic mass is 9.80. The van der Waals surface area contributed by atoms with Crippen molar-refractivity contribution in [3.63, 3.8) is 0 Å². The zero-order valence-corrected chi connectivity index (χ0v) is 25.5. The maximum Gasteiger partial charge on any atom is 0.305 e. The first-order valence-electron chi connectivity index (χ1n) is 14.8. The predicted molar refractivity (Wildman–Crippen MR) is 165 cm³/mol. The van der Waals surface area contributed by atoms with E-state index in [-0.39, 0.29) is 42.9 Å². The van der Waals surface area contributed by atoms with E-state index in [0.717, 1.165) is 39.2 Å². The highest BCUT2D eigenvalue weighted by Crippen LogP contribution is 2.47. The number of aryl methyl sites for hydroxylation is 2. The van der Waals surface area contributed by atoms with Crippen LogP contribution in [0.2, 0.25) is 0 Å². The molecule has 3 aliphatic rings. The second-order valence-electron chi connectivity index (χ2n) is 12.2. The number of esters is 1. The summed E-state index contributed by atoms with van der Waals surface area (Å²) in [6, 6.07) is 5.52. The normalized spacial score (nSPS) is 24.4. The van der Waals surface area contributed by atoms with Crippen LogP contribution in [0.3, 0.4) is 0 Å². The molecule has 2 aliphatic heterocycles. The minimum atomic E-state index is -1.68. The Morgan fingerprint density at radius 2 is 1.81 bits per heavy atom. The van der Waals surface area contributed by atoms with E-state index in [0.29, 0.717) is 39.9 Å². The lowest BCUT2D eigenvalue weighted by molar-refractivity contribution is -0.148. The SMILES string of the molecule is C=Cc1c(C)c2cc3nc(c4c5[nH]c(cc6nc(cc1[nH]2)C(C)(O)C6(O)CC)c(C)c5C(=O)C4)[C@@H](CCC(=O)OC)[C@@H]3C. The summed E-state index contributed by atoms with van der Waals surface area (Å²) in [7, 11) is 1.39. The summed E-state index contributed by atoms with van der Waals surface area (Å²) >= 11 is 0. The van der Waals surface area contributed by atoms with Gasteiger partial charge < -0.3 is 24.9 Å². The number of aromatic nitrogens is 4. The van der Waals surface area contributed by atoms with E-state index in [1.54, 1.807) is 25.1 Å². The molecule has 9 heteroatoms. The van der Waals surface area contributed by atoms with Crippen LogP contribution in [-0.2, 0) is 27.2 Å². The Morgan fingerprint density at radius 3 is 2.49 bits per heavy atom. The van der Waals surface area contributed by atoms with Gasteiger partial charge in [-0.2, -0.15) is 0 Å². The first-order chi connectivity index (χ1) is 20.4. The molecule has 2 unspecified atom stereocenters. The number of fused-ring (bicyclic) bond motifs is 8. The quantitative estimate of drug-likeness (QED) is 0.285. The highest BCUT2D eigenvalue weighted by atomic mass is 16.5. The second kappa shape index (κ2) is 9.99. The first-order valence-corrected chi connectivity index (χ1v) is 14.8. The maximum absolute atomic E-state index is 13.5. The lowest BCUT2D eigenvalue weighted by Gasteiger charge is -2.34. The Hall–Kier alpha value is -4.08. The second-order valence-corrected chi connectivity index (χ2v) is 12.2. The number of Topliss-reactive ketones (excluding diaryl/α,β-unsaturated/α-hetero) is 1. The van der Waals surface area contributed by atoms with Crippen LogP contribution in [0, 0.1) is 13.8 Å². The molecule has 0 saturated carbocycles. The van der Waals surface area contributed by atoms with E-state index < -0.39 is 11.2 Å². The van der Waals surface area contributed by atoms with E-state index in [1.165, 1.54) is 7.11 Å². The predicted octanol–water partition coefficient (Wildman–Crippen LogP) is 5.66. The Morgan fingerprint density at radius 1 is 1.12 bits per heavy atom. The molecule has 0 spiro atoms. The molecular weight excluding hydrogens is 544 g/mol. The number of rotatable bonds is 5. The van der Waals surface area contributed by atoms with Gasteiger partial charge >= 0.3 is 5.97 Å².